The van der Waals surface area contributed by atoms with Crippen molar-refractivity contribution in [1.82, 2.24) is 0 Å². The topological polar surface area (TPSA) is 0 Å². The van der Waals surface area contributed by atoms with Crippen LogP contribution in [0.5, 0.6) is 0 Å². The molecule has 1 aliphatic heterocycles. The van der Waals surface area contributed by atoms with Crippen LogP contribution in [0.1, 0.15) is 24.1 Å². The number of hydrogen-bond donors (Lipinski definition) is 0. The van der Waals surface area contributed by atoms with E-state index in [9.17, 15) is 0 Å². The third kappa shape index (κ3) is 2.28. The number of benzene rings is 2. The minimum Gasteiger partial charge on any atom is -0.0677 e. The molecule has 0 aromatic heterocycles. The predicted octanol–water partition coefficient (Wildman–Crippen LogP) is 4.33. The Morgan fingerprint density at radius 1 is 0.824 bits per heavy atom. The largest absolute Gasteiger partial charge is 0.0677 e. The molecule has 3 rings (SSSR count). The second-order valence-corrected chi connectivity index (χ2v) is 7.12. The van der Waals surface area contributed by atoms with E-state index in [2.05, 4.69) is 60.7 Å². The molecule has 0 saturated carbocycles. The quantitative estimate of drug-likeness (QED) is 0.685. The molecule has 0 amide bonds. The van der Waals surface area contributed by atoms with Gasteiger partial charge in [0.25, 0.3) is 0 Å². The lowest BCUT2D eigenvalue weighted by atomic mass is 10.1. The van der Waals surface area contributed by atoms with Crippen molar-refractivity contribution in [3.8, 4) is 0 Å². The fourth-order valence-electron chi connectivity index (χ4n) is 2.72. The lowest BCUT2D eigenvalue weighted by Gasteiger charge is -2.21. The Labute approximate surface area is 104 Å². The molecule has 2 atom stereocenters. The number of hydrogen-bond acceptors (Lipinski definition) is 0. The first kappa shape index (κ1) is 11.0. The molecule has 2 aromatic carbocycles. The van der Waals surface area contributed by atoms with Gasteiger partial charge >= 0.3 is 0 Å². The van der Waals surface area contributed by atoms with Gasteiger partial charge in [-0.25, -0.2) is 0 Å². The van der Waals surface area contributed by atoms with Crippen molar-refractivity contribution in [3.63, 3.8) is 0 Å². The van der Waals surface area contributed by atoms with Crippen LogP contribution in [0, 0.1) is 0 Å². The Balaban J connectivity index is 1.91. The lowest BCUT2D eigenvalue weighted by molar-refractivity contribution is 0.827. The molecule has 86 valence electrons. The summed E-state index contributed by atoms with van der Waals surface area (Å²) in [7, 11) is 0.0201. The summed E-state index contributed by atoms with van der Waals surface area (Å²) in [5, 5.41) is 1.58. The molecule has 0 unspecified atom stereocenters. The molecule has 2 aromatic rings. The maximum Gasteiger partial charge on any atom is 0.00820 e. The summed E-state index contributed by atoms with van der Waals surface area (Å²) in [6, 6.07) is 22.2. The van der Waals surface area contributed by atoms with Gasteiger partial charge < -0.3 is 0 Å². The van der Waals surface area contributed by atoms with Crippen molar-refractivity contribution in [2.45, 2.75) is 18.5 Å². The van der Waals surface area contributed by atoms with E-state index in [0.29, 0.717) is 0 Å². The van der Waals surface area contributed by atoms with Crippen LogP contribution in [0.2, 0.25) is 0 Å². The molecule has 0 nitrogen and oxygen atoms in total. The van der Waals surface area contributed by atoms with E-state index in [-0.39, 0.29) is 7.92 Å². The van der Waals surface area contributed by atoms with Crippen LogP contribution in [0.25, 0.3) is 0 Å². The van der Waals surface area contributed by atoms with Gasteiger partial charge in [-0.3, -0.25) is 0 Å². The van der Waals surface area contributed by atoms with Crippen LogP contribution in [-0.4, -0.2) is 6.16 Å². The van der Waals surface area contributed by atoms with Gasteiger partial charge in [0.2, 0.25) is 0 Å². The van der Waals surface area contributed by atoms with Gasteiger partial charge in [-0.1, -0.05) is 68.6 Å². The molecule has 0 spiro atoms. The van der Waals surface area contributed by atoms with E-state index in [1.807, 2.05) is 0 Å². The first-order valence-electron chi connectivity index (χ1n) is 6.32. The van der Waals surface area contributed by atoms with Crippen molar-refractivity contribution in [2.75, 3.05) is 6.16 Å². The Morgan fingerprint density at radius 2 is 1.47 bits per heavy atom. The van der Waals surface area contributed by atoms with Gasteiger partial charge in [0.05, 0.1) is 0 Å². The van der Waals surface area contributed by atoms with Crippen molar-refractivity contribution < 1.29 is 0 Å². The Hall–Kier alpha value is -1.13. The summed E-state index contributed by atoms with van der Waals surface area (Å²) in [4.78, 5) is 0. The molecule has 0 aliphatic carbocycles. The number of rotatable bonds is 2. The SMILES string of the molecule is c1ccc([C@@H]2CCC[P@@]2c2ccccc2)cc1. The first-order valence-corrected chi connectivity index (χ1v) is 7.91. The highest BCUT2D eigenvalue weighted by Crippen LogP contribution is 2.58. The molecule has 0 radical (unpaired) electrons. The molecule has 1 aliphatic rings. The fraction of sp³-hybridized carbons (Fsp3) is 0.250. The normalized spacial score (nSPS) is 23.8. The van der Waals surface area contributed by atoms with Crippen LogP contribution < -0.4 is 5.30 Å². The molecule has 1 heterocycles. The highest BCUT2D eigenvalue weighted by atomic mass is 31.1. The van der Waals surface area contributed by atoms with Crippen LogP contribution in [0.3, 0.4) is 0 Å². The zero-order valence-corrected chi connectivity index (χ0v) is 10.8. The van der Waals surface area contributed by atoms with Crippen LogP contribution in [0.4, 0.5) is 0 Å². The van der Waals surface area contributed by atoms with E-state index in [0.717, 1.165) is 5.66 Å². The minimum absolute atomic E-state index is 0.0201. The van der Waals surface area contributed by atoms with Crippen molar-refractivity contribution in [3.05, 3.63) is 66.2 Å². The Bertz CT molecular complexity index is 418. The maximum atomic E-state index is 2.31. The fourth-order valence-corrected chi connectivity index (χ4v) is 5.75. The van der Waals surface area contributed by atoms with Crippen LogP contribution in [-0.2, 0) is 0 Å². The monoisotopic (exact) mass is 240 g/mol. The molecule has 0 bridgehead atoms. The summed E-state index contributed by atoms with van der Waals surface area (Å²) in [5.74, 6) is 0. The van der Waals surface area contributed by atoms with Gasteiger partial charge in [0, 0.05) is 5.66 Å². The van der Waals surface area contributed by atoms with Crippen molar-refractivity contribution in [2.24, 2.45) is 0 Å². The van der Waals surface area contributed by atoms with E-state index < -0.39 is 0 Å². The predicted molar refractivity (Wildman–Crippen MR) is 76.3 cm³/mol. The smallest absolute Gasteiger partial charge is 0.00820 e. The van der Waals surface area contributed by atoms with E-state index in [1.54, 1.807) is 10.9 Å². The summed E-state index contributed by atoms with van der Waals surface area (Å²) in [6.45, 7) is 0. The van der Waals surface area contributed by atoms with E-state index in [4.69, 9.17) is 0 Å². The standard InChI is InChI=1S/C16H17P/c1-3-8-14(9-4-1)16-12-7-13-17(16)15-10-5-2-6-11-15/h1-6,8-11,16H,7,12-13H2/t16-,17-/m0/s1. The first-order chi connectivity index (χ1) is 8.45. The van der Waals surface area contributed by atoms with Crippen molar-refractivity contribution >= 4 is 13.2 Å². The van der Waals surface area contributed by atoms with Gasteiger partial charge in [-0.2, -0.15) is 0 Å². The molecular weight excluding hydrogens is 223 g/mol. The summed E-state index contributed by atoms with van der Waals surface area (Å²) in [5.41, 5.74) is 2.33. The van der Waals surface area contributed by atoms with Crippen molar-refractivity contribution in [1.29, 1.82) is 0 Å². The second-order valence-electron chi connectivity index (χ2n) is 4.60. The molecule has 1 fully saturated rings. The highest BCUT2D eigenvalue weighted by molar-refractivity contribution is 7.66. The van der Waals surface area contributed by atoms with Gasteiger partial charge in [-0.05, 0) is 29.9 Å². The van der Waals surface area contributed by atoms with Crippen LogP contribution in [0.15, 0.2) is 60.7 Å². The van der Waals surface area contributed by atoms with Gasteiger partial charge in [0.15, 0.2) is 0 Å². The average molecular weight is 240 g/mol. The average Bonchev–Trinajstić information content (AvgIpc) is 2.90. The van der Waals surface area contributed by atoms with E-state index in [1.165, 1.54) is 19.0 Å². The molecule has 17 heavy (non-hydrogen) atoms. The van der Waals surface area contributed by atoms with Gasteiger partial charge in [-0.15, -0.1) is 0 Å². The summed E-state index contributed by atoms with van der Waals surface area (Å²) >= 11 is 0. The second kappa shape index (κ2) is 5.02. The highest BCUT2D eigenvalue weighted by Gasteiger charge is 2.28. The maximum absolute atomic E-state index is 2.31. The third-order valence-corrected chi connectivity index (χ3v) is 6.59. The Kier molecular flexibility index (Phi) is 3.25. The zero-order chi connectivity index (χ0) is 11.5. The minimum atomic E-state index is 0.0201. The lowest BCUT2D eigenvalue weighted by Crippen LogP contribution is -2.04. The summed E-state index contributed by atoms with van der Waals surface area (Å²) in [6.07, 6.45) is 4.16. The van der Waals surface area contributed by atoms with Crippen LogP contribution >= 0.6 is 7.92 Å². The van der Waals surface area contributed by atoms with Gasteiger partial charge in [0.1, 0.15) is 0 Å². The molecular formula is C16H17P. The zero-order valence-electron chi connectivity index (χ0n) is 9.92. The third-order valence-electron chi connectivity index (χ3n) is 3.52. The molecule has 0 N–H and O–H groups in total. The van der Waals surface area contributed by atoms with E-state index >= 15 is 0 Å². The molecule has 1 heteroatoms. The summed E-state index contributed by atoms with van der Waals surface area (Å²) < 4.78 is 0. The molecule has 1 saturated heterocycles. The Morgan fingerprint density at radius 3 is 2.18 bits per heavy atom.